The third kappa shape index (κ3) is 4.33. The second-order valence-electron chi connectivity index (χ2n) is 7.43. The highest BCUT2D eigenvalue weighted by molar-refractivity contribution is 5.91. The number of carbonyl (C=O) groups is 1. The van der Waals surface area contributed by atoms with Crippen LogP contribution in [-0.2, 0) is 18.4 Å². The van der Waals surface area contributed by atoms with Crippen LogP contribution in [0, 0.1) is 6.92 Å². The highest BCUT2D eigenvalue weighted by Crippen LogP contribution is 2.19. The van der Waals surface area contributed by atoms with Crippen LogP contribution in [0.2, 0.25) is 0 Å². The number of nitrogens with zero attached hydrogens (tertiary/aromatic N) is 4. The van der Waals surface area contributed by atoms with Crippen molar-refractivity contribution in [2.75, 3.05) is 12.4 Å². The fourth-order valence-electron chi connectivity index (χ4n) is 3.51. The zero-order chi connectivity index (χ0) is 23.5. The number of carbonyl (C=O) groups excluding carboxylic acids is 1. The molecule has 2 heterocycles. The summed E-state index contributed by atoms with van der Waals surface area (Å²) in [6.07, 6.45) is 0. The Kier molecular flexibility index (Phi) is 5.95. The van der Waals surface area contributed by atoms with E-state index in [1.165, 1.54) is 10.7 Å². The van der Waals surface area contributed by atoms with Gasteiger partial charge in [0.05, 0.1) is 24.2 Å². The molecule has 33 heavy (non-hydrogen) atoms. The van der Waals surface area contributed by atoms with Crippen molar-refractivity contribution in [3.63, 3.8) is 0 Å². The maximum atomic E-state index is 13.0. The van der Waals surface area contributed by atoms with E-state index in [4.69, 9.17) is 4.74 Å². The molecule has 9 nitrogen and oxygen atoms in total. The topological polar surface area (TPSA) is 100 Å². The number of rotatable bonds is 6. The third-order valence-corrected chi connectivity index (χ3v) is 5.36. The molecule has 0 spiro atoms. The van der Waals surface area contributed by atoms with E-state index < -0.39 is 11.5 Å². The molecule has 1 amide bonds. The van der Waals surface area contributed by atoms with E-state index in [0.29, 0.717) is 22.8 Å². The van der Waals surface area contributed by atoms with Crippen LogP contribution in [0.5, 0.6) is 5.75 Å². The first-order chi connectivity index (χ1) is 15.9. The molecule has 0 atom stereocenters. The minimum Gasteiger partial charge on any atom is -0.497 e. The molecule has 4 aromatic rings. The van der Waals surface area contributed by atoms with Gasteiger partial charge in [-0.3, -0.25) is 19.1 Å². The fraction of sp³-hybridized carbons (Fsp3) is 0.167. The number of aromatic nitrogens is 4. The van der Waals surface area contributed by atoms with E-state index in [2.05, 4.69) is 10.4 Å². The van der Waals surface area contributed by atoms with Crippen molar-refractivity contribution in [1.29, 1.82) is 0 Å². The van der Waals surface area contributed by atoms with Gasteiger partial charge in [-0.1, -0.05) is 18.2 Å². The average molecular weight is 445 g/mol. The number of nitrogens with one attached hydrogen (secondary N) is 1. The van der Waals surface area contributed by atoms with Crippen LogP contribution >= 0.6 is 0 Å². The van der Waals surface area contributed by atoms with Crippen LogP contribution in [0.3, 0.4) is 0 Å². The number of hydrogen-bond donors (Lipinski definition) is 1. The zero-order valence-electron chi connectivity index (χ0n) is 18.5. The van der Waals surface area contributed by atoms with E-state index in [-0.39, 0.29) is 17.8 Å². The molecule has 0 aliphatic heterocycles. The van der Waals surface area contributed by atoms with Crippen molar-refractivity contribution < 1.29 is 9.53 Å². The van der Waals surface area contributed by atoms with Gasteiger partial charge in [0.25, 0.3) is 11.1 Å². The number of anilines is 1. The summed E-state index contributed by atoms with van der Waals surface area (Å²) in [5, 5.41) is 6.96. The van der Waals surface area contributed by atoms with Gasteiger partial charge in [0.15, 0.2) is 0 Å². The molecule has 0 aliphatic rings. The quantitative estimate of drug-likeness (QED) is 0.491. The Labute approximate surface area is 189 Å². The average Bonchev–Trinajstić information content (AvgIpc) is 3.04. The van der Waals surface area contributed by atoms with Crippen LogP contribution in [-0.4, -0.2) is 32.2 Å². The molecule has 0 radical (unpaired) electrons. The summed E-state index contributed by atoms with van der Waals surface area (Å²) >= 11 is 0. The van der Waals surface area contributed by atoms with Crippen molar-refractivity contribution in [3.05, 3.63) is 93.1 Å². The highest BCUT2D eigenvalue weighted by atomic mass is 16.5. The van der Waals surface area contributed by atoms with Crippen molar-refractivity contribution in [2.24, 2.45) is 7.05 Å². The molecular formula is C24H23N5O4. The summed E-state index contributed by atoms with van der Waals surface area (Å²) in [5.41, 5.74) is 1.95. The number of benzene rings is 2. The number of methoxy groups -OCH3 is 1. The molecule has 9 heteroatoms. The van der Waals surface area contributed by atoms with Gasteiger partial charge in [0.1, 0.15) is 18.0 Å². The van der Waals surface area contributed by atoms with E-state index in [1.807, 2.05) is 30.3 Å². The van der Waals surface area contributed by atoms with Gasteiger partial charge in [-0.2, -0.15) is 5.10 Å². The smallest absolute Gasteiger partial charge is 0.295 e. The molecule has 0 fully saturated rings. The van der Waals surface area contributed by atoms with Crippen LogP contribution in [0.25, 0.3) is 16.9 Å². The lowest BCUT2D eigenvalue weighted by molar-refractivity contribution is -0.117. The summed E-state index contributed by atoms with van der Waals surface area (Å²) in [6.45, 7) is 1.41. The Balaban J connectivity index is 1.59. The molecule has 4 rings (SSSR count). The fourth-order valence-corrected chi connectivity index (χ4v) is 3.51. The van der Waals surface area contributed by atoms with Gasteiger partial charge in [-0.25, -0.2) is 9.36 Å². The van der Waals surface area contributed by atoms with Crippen LogP contribution in [0.4, 0.5) is 5.69 Å². The number of para-hydroxylation sites is 1. The minimum absolute atomic E-state index is 0.158. The molecule has 2 aromatic carbocycles. The summed E-state index contributed by atoms with van der Waals surface area (Å²) in [7, 11) is 3.32. The second-order valence-corrected chi connectivity index (χ2v) is 7.43. The number of hydrogen-bond acceptors (Lipinski definition) is 5. The van der Waals surface area contributed by atoms with Crippen molar-refractivity contribution >= 4 is 11.6 Å². The van der Waals surface area contributed by atoms with E-state index in [1.54, 1.807) is 56.1 Å². The monoisotopic (exact) mass is 445 g/mol. The van der Waals surface area contributed by atoms with Crippen molar-refractivity contribution in [2.45, 2.75) is 13.5 Å². The Morgan fingerprint density at radius 3 is 2.36 bits per heavy atom. The summed E-state index contributed by atoms with van der Waals surface area (Å²) in [6, 6.07) is 19.3. The maximum absolute atomic E-state index is 13.0. The first-order valence-corrected chi connectivity index (χ1v) is 10.3. The SMILES string of the molecule is COc1ccc(-c2ccc(=O)n(CC(=O)Nc3c(C)n(C)n(-c4ccccc4)c3=O)n2)cc1. The normalized spacial score (nSPS) is 10.8. The lowest BCUT2D eigenvalue weighted by Crippen LogP contribution is -2.30. The Hall–Kier alpha value is -4.40. The lowest BCUT2D eigenvalue weighted by Gasteiger charge is -2.08. The first kappa shape index (κ1) is 21.8. The standard InChI is InChI=1S/C24H23N5O4/c1-16-23(24(32)29(27(16)2)18-7-5-4-6-8-18)25-21(30)15-28-22(31)14-13-20(26-28)17-9-11-19(33-3)12-10-17/h4-14H,15H2,1-3H3,(H,25,30). The number of ether oxygens (including phenoxy) is 1. The van der Waals surface area contributed by atoms with E-state index in [9.17, 15) is 14.4 Å². The lowest BCUT2D eigenvalue weighted by atomic mass is 10.1. The van der Waals surface area contributed by atoms with E-state index >= 15 is 0 Å². The summed E-state index contributed by atoms with van der Waals surface area (Å²) < 4.78 is 9.37. The van der Waals surface area contributed by atoms with Gasteiger partial charge in [0.2, 0.25) is 5.91 Å². The van der Waals surface area contributed by atoms with Crippen LogP contribution in [0.1, 0.15) is 5.69 Å². The van der Waals surface area contributed by atoms with Crippen LogP contribution < -0.4 is 21.2 Å². The Morgan fingerprint density at radius 2 is 1.70 bits per heavy atom. The van der Waals surface area contributed by atoms with Crippen molar-refractivity contribution in [1.82, 2.24) is 19.1 Å². The van der Waals surface area contributed by atoms with Gasteiger partial charge < -0.3 is 10.1 Å². The summed E-state index contributed by atoms with van der Waals surface area (Å²) in [4.78, 5) is 38.0. The van der Waals surface area contributed by atoms with Gasteiger partial charge in [-0.15, -0.1) is 0 Å². The molecule has 168 valence electrons. The highest BCUT2D eigenvalue weighted by Gasteiger charge is 2.18. The van der Waals surface area contributed by atoms with E-state index in [0.717, 1.165) is 10.2 Å². The van der Waals surface area contributed by atoms with Crippen LogP contribution in [0.15, 0.2) is 76.3 Å². The molecule has 0 bridgehead atoms. The maximum Gasteiger partial charge on any atom is 0.295 e. The van der Waals surface area contributed by atoms with Gasteiger partial charge in [-0.05, 0) is 49.4 Å². The zero-order valence-corrected chi connectivity index (χ0v) is 18.5. The Morgan fingerprint density at radius 1 is 1.00 bits per heavy atom. The molecule has 0 saturated heterocycles. The van der Waals surface area contributed by atoms with Gasteiger partial charge in [0, 0.05) is 18.7 Å². The largest absolute Gasteiger partial charge is 0.497 e. The third-order valence-electron chi connectivity index (χ3n) is 5.36. The Bertz CT molecular complexity index is 1420. The molecule has 0 unspecified atom stereocenters. The molecular weight excluding hydrogens is 422 g/mol. The molecule has 1 N–H and O–H groups in total. The first-order valence-electron chi connectivity index (χ1n) is 10.3. The molecule has 2 aromatic heterocycles. The molecule has 0 aliphatic carbocycles. The predicted octanol–water partition coefficient (Wildman–Crippen LogP) is 2.36. The summed E-state index contributed by atoms with van der Waals surface area (Å²) in [5.74, 6) is 0.174. The van der Waals surface area contributed by atoms with Gasteiger partial charge >= 0.3 is 0 Å². The predicted molar refractivity (Wildman–Crippen MR) is 125 cm³/mol. The van der Waals surface area contributed by atoms with Crippen molar-refractivity contribution in [3.8, 4) is 22.7 Å². The second kappa shape index (κ2) is 8.99. The molecule has 0 saturated carbocycles. The minimum atomic E-state index is -0.525. The number of amides is 1.